The van der Waals surface area contributed by atoms with E-state index in [2.05, 4.69) is 20.8 Å². The van der Waals surface area contributed by atoms with Crippen molar-refractivity contribution in [3.05, 3.63) is 0 Å². The average Bonchev–Trinajstić information content (AvgIpc) is 2.10. The minimum atomic E-state index is -0.406. The number of hydrogen-bond acceptors (Lipinski definition) is 1. The molecule has 0 aromatic carbocycles. The molecule has 0 aromatic heterocycles. The van der Waals surface area contributed by atoms with Gasteiger partial charge < -0.3 is 5.11 Å². The summed E-state index contributed by atoms with van der Waals surface area (Å²) in [5, 5.41) is 10.3. The molecule has 2 rings (SSSR count). The third-order valence-electron chi connectivity index (χ3n) is 5.47. The van der Waals surface area contributed by atoms with Crippen LogP contribution in [0, 0.1) is 23.2 Å². The van der Waals surface area contributed by atoms with Crippen molar-refractivity contribution in [2.24, 2.45) is 23.2 Å². The Balaban J connectivity index is 2.25. The molecule has 0 radical (unpaired) electrons. The van der Waals surface area contributed by atoms with Gasteiger partial charge in [-0.05, 0) is 55.8 Å². The molecule has 15 heavy (non-hydrogen) atoms. The van der Waals surface area contributed by atoms with E-state index in [1.54, 1.807) is 0 Å². The van der Waals surface area contributed by atoms with E-state index in [4.69, 9.17) is 0 Å². The molecule has 5 atom stereocenters. The molecular weight excluding hydrogens is 184 g/mol. The third kappa shape index (κ3) is 1.84. The largest absolute Gasteiger partial charge is 0.390 e. The molecule has 1 heteroatoms. The van der Waals surface area contributed by atoms with Crippen molar-refractivity contribution in [3.63, 3.8) is 0 Å². The highest BCUT2D eigenvalue weighted by atomic mass is 16.3. The Labute approximate surface area is 94.3 Å². The summed E-state index contributed by atoms with van der Waals surface area (Å²) in [5.74, 6) is 2.49. The van der Waals surface area contributed by atoms with Gasteiger partial charge in [0, 0.05) is 0 Å². The smallest absolute Gasteiger partial charge is 0.0625 e. The lowest BCUT2D eigenvalue weighted by Crippen LogP contribution is -2.50. The molecule has 2 aliphatic carbocycles. The predicted octanol–water partition coefficient (Wildman–Crippen LogP) is 3.61. The molecule has 1 N–H and O–H groups in total. The summed E-state index contributed by atoms with van der Waals surface area (Å²) in [4.78, 5) is 0. The Hall–Kier alpha value is -0.0400. The Morgan fingerprint density at radius 2 is 1.73 bits per heavy atom. The van der Waals surface area contributed by atoms with Crippen LogP contribution in [0.2, 0.25) is 0 Å². The minimum Gasteiger partial charge on any atom is -0.390 e. The van der Waals surface area contributed by atoms with Crippen LogP contribution in [0.4, 0.5) is 0 Å². The fraction of sp³-hybridized carbons (Fsp3) is 1.00. The van der Waals surface area contributed by atoms with Crippen LogP contribution in [0.5, 0.6) is 0 Å². The maximum Gasteiger partial charge on any atom is 0.0625 e. The lowest BCUT2D eigenvalue weighted by atomic mass is 9.50. The third-order valence-corrected chi connectivity index (χ3v) is 5.47. The molecular formula is C14H26O. The molecule has 88 valence electrons. The summed E-state index contributed by atoms with van der Waals surface area (Å²) in [6.07, 6.45) is 5.99. The van der Waals surface area contributed by atoms with Gasteiger partial charge in [0.15, 0.2) is 0 Å². The van der Waals surface area contributed by atoms with Crippen molar-refractivity contribution in [1.82, 2.24) is 0 Å². The number of fused-ring (bicyclic) bond motifs is 1. The molecule has 0 spiro atoms. The Morgan fingerprint density at radius 1 is 1.07 bits per heavy atom. The van der Waals surface area contributed by atoms with E-state index >= 15 is 0 Å². The zero-order chi connectivity index (χ0) is 11.3. The first kappa shape index (κ1) is 11.4. The first-order valence-corrected chi connectivity index (χ1v) is 6.57. The molecule has 0 saturated heterocycles. The Bertz CT molecular complexity index is 246. The van der Waals surface area contributed by atoms with Crippen molar-refractivity contribution in [3.8, 4) is 0 Å². The maximum absolute atomic E-state index is 10.3. The Morgan fingerprint density at radius 3 is 2.40 bits per heavy atom. The van der Waals surface area contributed by atoms with E-state index in [9.17, 15) is 5.11 Å². The monoisotopic (exact) mass is 210 g/mol. The van der Waals surface area contributed by atoms with Gasteiger partial charge in [-0.3, -0.25) is 0 Å². The van der Waals surface area contributed by atoms with E-state index in [1.165, 1.54) is 19.3 Å². The lowest BCUT2D eigenvalue weighted by molar-refractivity contribution is -0.113. The SMILES string of the molecule is CC1CCC(C)C2(C)CC(C)(O)CCC12. The summed E-state index contributed by atoms with van der Waals surface area (Å²) in [7, 11) is 0. The summed E-state index contributed by atoms with van der Waals surface area (Å²) >= 11 is 0. The van der Waals surface area contributed by atoms with Gasteiger partial charge in [-0.25, -0.2) is 0 Å². The average molecular weight is 210 g/mol. The fourth-order valence-electron chi connectivity index (χ4n) is 4.35. The van der Waals surface area contributed by atoms with Crippen LogP contribution >= 0.6 is 0 Å². The van der Waals surface area contributed by atoms with Gasteiger partial charge in [0.2, 0.25) is 0 Å². The van der Waals surface area contributed by atoms with Crippen LogP contribution in [0.3, 0.4) is 0 Å². The lowest BCUT2D eigenvalue weighted by Gasteiger charge is -2.56. The fourth-order valence-corrected chi connectivity index (χ4v) is 4.35. The standard InChI is InChI=1S/C14H26O/c1-10-5-6-11(2)14(4)9-13(3,15)8-7-12(10)14/h10-12,15H,5-9H2,1-4H3. The number of aliphatic hydroxyl groups is 1. The van der Waals surface area contributed by atoms with Crippen LogP contribution in [0.15, 0.2) is 0 Å². The molecule has 2 aliphatic rings. The molecule has 0 amide bonds. The molecule has 2 fully saturated rings. The second-order valence-electron chi connectivity index (χ2n) is 6.78. The first-order valence-electron chi connectivity index (χ1n) is 6.57. The van der Waals surface area contributed by atoms with Gasteiger partial charge in [-0.2, -0.15) is 0 Å². The summed E-state index contributed by atoms with van der Waals surface area (Å²) < 4.78 is 0. The predicted molar refractivity (Wildman–Crippen MR) is 63.6 cm³/mol. The summed E-state index contributed by atoms with van der Waals surface area (Å²) in [5.41, 5.74) is -0.0179. The van der Waals surface area contributed by atoms with E-state index in [0.717, 1.165) is 30.6 Å². The normalized spacial score (nSPS) is 56.2. The summed E-state index contributed by atoms with van der Waals surface area (Å²) in [6, 6.07) is 0. The molecule has 5 unspecified atom stereocenters. The van der Waals surface area contributed by atoms with Crippen LogP contribution in [0.25, 0.3) is 0 Å². The van der Waals surface area contributed by atoms with E-state index in [0.29, 0.717) is 5.41 Å². The van der Waals surface area contributed by atoms with Gasteiger partial charge in [0.1, 0.15) is 0 Å². The van der Waals surface area contributed by atoms with Crippen LogP contribution in [-0.2, 0) is 0 Å². The van der Waals surface area contributed by atoms with E-state index < -0.39 is 5.60 Å². The highest BCUT2D eigenvalue weighted by Gasteiger charge is 2.51. The van der Waals surface area contributed by atoms with E-state index in [1.807, 2.05) is 6.92 Å². The zero-order valence-corrected chi connectivity index (χ0v) is 10.7. The van der Waals surface area contributed by atoms with Crippen LogP contribution < -0.4 is 0 Å². The van der Waals surface area contributed by atoms with Crippen molar-refractivity contribution >= 4 is 0 Å². The van der Waals surface area contributed by atoms with Crippen molar-refractivity contribution < 1.29 is 5.11 Å². The topological polar surface area (TPSA) is 20.2 Å². The van der Waals surface area contributed by atoms with Crippen molar-refractivity contribution in [2.45, 2.75) is 65.4 Å². The minimum absolute atomic E-state index is 0.388. The molecule has 1 nitrogen and oxygen atoms in total. The molecule has 2 saturated carbocycles. The number of hydrogen-bond donors (Lipinski definition) is 1. The maximum atomic E-state index is 10.3. The molecule has 0 heterocycles. The van der Waals surface area contributed by atoms with Crippen molar-refractivity contribution in [2.75, 3.05) is 0 Å². The number of rotatable bonds is 0. The highest BCUT2D eigenvalue weighted by molar-refractivity contribution is 5.01. The van der Waals surface area contributed by atoms with Gasteiger partial charge >= 0.3 is 0 Å². The molecule has 0 aliphatic heterocycles. The van der Waals surface area contributed by atoms with Gasteiger partial charge in [0.25, 0.3) is 0 Å². The van der Waals surface area contributed by atoms with Crippen LogP contribution in [0.1, 0.15) is 59.8 Å². The van der Waals surface area contributed by atoms with Crippen LogP contribution in [-0.4, -0.2) is 10.7 Å². The van der Waals surface area contributed by atoms with Gasteiger partial charge in [-0.1, -0.05) is 27.2 Å². The van der Waals surface area contributed by atoms with E-state index in [-0.39, 0.29) is 0 Å². The molecule has 0 aromatic rings. The zero-order valence-electron chi connectivity index (χ0n) is 10.7. The molecule has 0 bridgehead atoms. The summed E-state index contributed by atoms with van der Waals surface area (Å²) in [6.45, 7) is 9.25. The van der Waals surface area contributed by atoms with Crippen molar-refractivity contribution in [1.29, 1.82) is 0 Å². The second-order valence-corrected chi connectivity index (χ2v) is 6.78. The van der Waals surface area contributed by atoms with Gasteiger partial charge in [-0.15, -0.1) is 0 Å². The Kier molecular flexibility index (Phi) is 2.65. The first-order chi connectivity index (χ1) is 6.85. The highest BCUT2D eigenvalue weighted by Crippen LogP contribution is 2.57. The van der Waals surface area contributed by atoms with Gasteiger partial charge in [0.05, 0.1) is 5.60 Å². The second kappa shape index (κ2) is 3.48. The quantitative estimate of drug-likeness (QED) is 0.647.